The number of carboxylic acids is 1. The summed E-state index contributed by atoms with van der Waals surface area (Å²) >= 11 is 0. The SMILES string of the molecule is C=S(=O)([O-])c1ccc2c(c1)C(C)(C)C(/C=C/C(=C/C=C1/N(CCCP(=O)(O)O)c3ccc(S(=O)(=O)O)cc3C1(C)C)c1ccc(CCC(=O)[O-])cc1)=[N+]2CCCS(=O)(=O)O. The second kappa shape index (κ2) is 17.3. The smallest absolute Gasteiger partial charge is 0.325 e. The van der Waals surface area contributed by atoms with E-state index < -0.39 is 66.3 Å². The van der Waals surface area contributed by atoms with Gasteiger partial charge in [-0.1, -0.05) is 59.9 Å². The van der Waals surface area contributed by atoms with Crippen LogP contribution in [0.4, 0.5) is 11.4 Å². The first kappa shape index (κ1) is 46.8. The van der Waals surface area contributed by atoms with Crippen molar-refractivity contribution in [3.63, 3.8) is 0 Å². The predicted octanol–water partition coefficient (Wildman–Crippen LogP) is 4.36. The molecule has 0 fully saturated rings. The number of nitrogens with zero attached hydrogens (tertiary/aromatic N) is 2. The molecule has 1 atom stereocenters. The van der Waals surface area contributed by atoms with Gasteiger partial charge in [0.15, 0.2) is 5.71 Å². The number of rotatable bonds is 17. The third-order valence-electron chi connectivity index (χ3n) is 10.7. The molecule has 2 heterocycles. The van der Waals surface area contributed by atoms with Gasteiger partial charge in [-0.2, -0.15) is 21.4 Å². The molecule has 2 aliphatic heterocycles. The Morgan fingerprint density at radius 3 is 2.12 bits per heavy atom. The normalized spacial score (nSPS) is 18.2. The maximum absolute atomic E-state index is 12.5. The molecule has 0 spiro atoms. The first-order chi connectivity index (χ1) is 27.6. The number of benzene rings is 3. The summed E-state index contributed by atoms with van der Waals surface area (Å²) in [7, 11) is -17.1. The summed E-state index contributed by atoms with van der Waals surface area (Å²) in [6.07, 6.45) is 7.03. The van der Waals surface area contributed by atoms with Crippen LogP contribution in [0.15, 0.2) is 100 Å². The molecular weight excluding hydrogens is 856 g/mol. The van der Waals surface area contributed by atoms with Crippen molar-refractivity contribution < 1.29 is 63.5 Å². The lowest BCUT2D eigenvalue weighted by molar-refractivity contribution is -0.437. The molecule has 60 heavy (non-hydrogen) atoms. The van der Waals surface area contributed by atoms with Crippen molar-refractivity contribution in [3.8, 4) is 0 Å². The predicted molar refractivity (Wildman–Crippen MR) is 228 cm³/mol. The highest BCUT2D eigenvalue weighted by Crippen LogP contribution is 2.49. The number of aliphatic carboxylic acids is 1. The monoisotopic (exact) mass is 903 g/mol. The molecule has 1 unspecified atom stereocenters. The minimum absolute atomic E-state index is 0.00218. The van der Waals surface area contributed by atoms with E-state index in [-0.39, 0.29) is 48.6 Å². The van der Waals surface area contributed by atoms with E-state index >= 15 is 0 Å². The number of aryl methyl sites for hydroxylation is 1. The quantitative estimate of drug-likeness (QED) is 0.0483. The molecule has 15 nitrogen and oxygen atoms in total. The van der Waals surface area contributed by atoms with E-state index in [0.29, 0.717) is 45.0 Å². The van der Waals surface area contributed by atoms with Crippen LogP contribution in [-0.2, 0) is 56.6 Å². The number of anilines is 1. The van der Waals surface area contributed by atoms with Gasteiger partial charge in [-0.05, 0) is 97.9 Å². The molecule has 324 valence electrons. The fourth-order valence-electron chi connectivity index (χ4n) is 7.68. The van der Waals surface area contributed by atoms with Crippen molar-refractivity contribution in [2.45, 2.75) is 74.0 Å². The summed E-state index contributed by atoms with van der Waals surface area (Å²) in [4.78, 5) is 31.9. The first-order valence-corrected chi connectivity index (χ1v) is 25.3. The lowest BCUT2D eigenvalue weighted by atomic mass is 9.81. The number of hydrogen-bond donors (Lipinski definition) is 4. The van der Waals surface area contributed by atoms with Gasteiger partial charge in [0, 0.05) is 58.3 Å². The van der Waals surface area contributed by atoms with Crippen molar-refractivity contribution >= 4 is 72.1 Å². The van der Waals surface area contributed by atoms with Gasteiger partial charge in [0.25, 0.3) is 20.2 Å². The van der Waals surface area contributed by atoms with E-state index in [1.807, 2.05) is 55.4 Å². The van der Waals surface area contributed by atoms with Gasteiger partial charge in [0.2, 0.25) is 5.69 Å². The molecule has 5 rings (SSSR count). The molecule has 0 saturated carbocycles. The highest BCUT2D eigenvalue weighted by molar-refractivity contribution is 7.95. The van der Waals surface area contributed by atoms with Gasteiger partial charge < -0.3 is 29.1 Å². The van der Waals surface area contributed by atoms with Gasteiger partial charge >= 0.3 is 7.60 Å². The number of carbonyl (C=O) groups is 1. The number of carbonyl (C=O) groups excluding carboxylic acids is 1. The third kappa shape index (κ3) is 11.0. The van der Waals surface area contributed by atoms with Crippen LogP contribution in [0.25, 0.3) is 5.57 Å². The Hall–Kier alpha value is -4.23. The van der Waals surface area contributed by atoms with Gasteiger partial charge in [-0.3, -0.25) is 17.9 Å². The standard InChI is InChI=1S/C41H49N2O13PS3/c1-40(2)33-26-31(58(5,49)50)15-17-35(33)43(23-7-25-59(51,52)53)38(40)20-14-30(29-11-8-28(9-12-29)10-21-39(44)45)13-19-37-41(3,4)34-27-32(60(54,55)56)16-18-36(34)42(37)22-6-24-57(46,47)48/h8-9,11-20,26-27H,5-7,10,21-25H2,1-4H3,(H5-,44,45,46,47,48,49,50,51,52,53,54,55,56)/p-1. The van der Waals surface area contributed by atoms with E-state index in [1.54, 1.807) is 36.4 Å². The van der Waals surface area contributed by atoms with Crippen LogP contribution in [0.1, 0.15) is 69.2 Å². The van der Waals surface area contributed by atoms with Crippen LogP contribution in [0, 0.1) is 0 Å². The van der Waals surface area contributed by atoms with Gasteiger partial charge in [0.05, 0.1) is 22.2 Å². The van der Waals surface area contributed by atoms with Crippen molar-refractivity contribution in [3.05, 3.63) is 113 Å². The summed E-state index contributed by atoms with van der Waals surface area (Å²) in [5.41, 5.74) is 4.04. The molecule has 0 saturated heterocycles. The zero-order valence-electron chi connectivity index (χ0n) is 33.5. The highest BCUT2D eigenvalue weighted by atomic mass is 32.2. The second-order valence-electron chi connectivity index (χ2n) is 15.8. The molecule has 4 N–H and O–H groups in total. The molecule has 0 amide bonds. The molecule has 0 radical (unpaired) electrons. The van der Waals surface area contributed by atoms with Crippen molar-refractivity contribution in [1.82, 2.24) is 0 Å². The van der Waals surface area contributed by atoms with E-state index in [1.165, 1.54) is 30.3 Å². The van der Waals surface area contributed by atoms with Crippen LogP contribution in [0.2, 0.25) is 0 Å². The number of allylic oxidation sites excluding steroid dienone is 6. The van der Waals surface area contributed by atoms with Gasteiger partial charge in [-0.25, -0.2) is 0 Å². The van der Waals surface area contributed by atoms with Crippen molar-refractivity contribution in [2.75, 3.05) is 29.9 Å². The molecule has 3 aromatic carbocycles. The Kier molecular flexibility index (Phi) is 13.5. The highest BCUT2D eigenvalue weighted by Gasteiger charge is 2.45. The number of fused-ring (bicyclic) bond motifs is 2. The summed E-state index contributed by atoms with van der Waals surface area (Å²) in [6, 6.07) is 15.9. The van der Waals surface area contributed by atoms with E-state index in [0.717, 1.165) is 5.56 Å². The third-order valence-corrected chi connectivity index (χ3v) is 14.3. The van der Waals surface area contributed by atoms with E-state index in [2.05, 4.69) is 5.87 Å². The maximum Gasteiger partial charge on any atom is 0.325 e. The Balaban J connectivity index is 1.69. The van der Waals surface area contributed by atoms with Crippen LogP contribution in [0.3, 0.4) is 0 Å². The number of carboxylic acid groups (broad SMARTS) is 1. The van der Waals surface area contributed by atoms with Gasteiger partial charge in [-0.15, -0.1) is 0 Å². The second-order valence-corrected chi connectivity index (χ2v) is 22.3. The fraction of sp³-hybridized carbons (Fsp3) is 0.341. The van der Waals surface area contributed by atoms with Crippen LogP contribution in [0.5, 0.6) is 0 Å². The average Bonchev–Trinajstić information content (AvgIpc) is 3.46. The fourth-order valence-corrected chi connectivity index (χ4v) is 9.81. The zero-order valence-corrected chi connectivity index (χ0v) is 36.8. The van der Waals surface area contributed by atoms with E-state index in [9.17, 15) is 59.0 Å². The van der Waals surface area contributed by atoms with Gasteiger partial charge in [0.1, 0.15) is 6.54 Å². The molecule has 2 aliphatic rings. The van der Waals surface area contributed by atoms with Crippen LogP contribution in [-0.4, -0.2) is 91.6 Å². The first-order valence-electron chi connectivity index (χ1n) is 18.8. The zero-order chi connectivity index (χ0) is 44.6. The minimum Gasteiger partial charge on any atom is -0.774 e. The largest absolute Gasteiger partial charge is 0.774 e. The van der Waals surface area contributed by atoms with E-state index in [4.69, 9.17) is 0 Å². The molecular formula is C41H48N2O13PS3-. The summed E-state index contributed by atoms with van der Waals surface area (Å²) in [5.74, 6) is 1.59. The lowest BCUT2D eigenvalue weighted by Crippen LogP contribution is -2.28. The minimum atomic E-state index is -4.57. The molecule has 0 aromatic heterocycles. The van der Waals surface area contributed by atoms with Crippen molar-refractivity contribution in [2.24, 2.45) is 0 Å². The Morgan fingerprint density at radius 1 is 0.900 bits per heavy atom. The molecule has 0 bridgehead atoms. The Morgan fingerprint density at radius 2 is 1.53 bits per heavy atom. The number of hydrogen-bond acceptors (Lipinski definition) is 10. The maximum atomic E-state index is 12.5. The lowest BCUT2D eigenvalue weighted by Gasteiger charge is -2.27. The Labute approximate surface area is 351 Å². The van der Waals surface area contributed by atoms with Crippen LogP contribution >= 0.6 is 7.60 Å². The molecule has 0 aliphatic carbocycles. The average molecular weight is 904 g/mol. The van der Waals surface area contributed by atoms with Crippen LogP contribution < -0.4 is 10.0 Å². The summed E-state index contributed by atoms with van der Waals surface area (Å²) < 4.78 is 106. The Bertz CT molecular complexity index is 2710. The summed E-state index contributed by atoms with van der Waals surface area (Å²) in [6.45, 7) is 7.77. The summed E-state index contributed by atoms with van der Waals surface area (Å²) in [5, 5.41) is 11.2. The molecule has 19 heteroatoms. The molecule has 3 aromatic rings. The van der Waals surface area contributed by atoms with Crippen molar-refractivity contribution in [1.29, 1.82) is 0 Å². The topological polar surface area (TPSA) is 253 Å².